The molecule has 0 radical (unpaired) electrons. The van der Waals surface area contributed by atoms with Crippen LogP contribution in [0.1, 0.15) is 15.9 Å². The summed E-state index contributed by atoms with van der Waals surface area (Å²) in [7, 11) is -3.73. The smallest absolute Gasteiger partial charge is 0.338 e. The summed E-state index contributed by atoms with van der Waals surface area (Å²) in [5.41, 5.74) is 0.962. The van der Waals surface area contributed by atoms with Gasteiger partial charge in [-0.05, 0) is 42.3 Å². The lowest BCUT2D eigenvalue weighted by molar-refractivity contribution is -0.124. The summed E-state index contributed by atoms with van der Waals surface area (Å²) in [6, 6.07) is 10.2. The van der Waals surface area contributed by atoms with Crippen LogP contribution in [0.15, 0.2) is 47.4 Å². The van der Waals surface area contributed by atoms with Gasteiger partial charge in [-0.25, -0.2) is 18.4 Å². The Morgan fingerprint density at radius 2 is 1.63 bits per heavy atom. The van der Waals surface area contributed by atoms with E-state index in [2.05, 4.69) is 5.32 Å². The molecule has 7 nitrogen and oxygen atoms in total. The number of amides is 1. The molecule has 2 aromatic rings. The molecule has 2 aromatic carbocycles. The molecule has 2 rings (SSSR count). The van der Waals surface area contributed by atoms with Gasteiger partial charge >= 0.3 is 5.97 Å². The summed E-state index contributed by atoms with van der Waals surface area (Å²) in [5.74, 6) is -1.19. The summed E-state index contributed by atoms with van der Waals surface area (Å²) in [6.45, 7) is -0.165. The summed E-state index contributed by atoms with van der Waals surface area (Å²) in [4.78, 5) is 23.7. The SMILES string of the molecule is NS(=O)(=O)c1ccc(CCNC(=O)COC(=O)c2cc(Cl)cc(Cl)c2)cc1. The molecule has 27 heavy (non-hydrogen) atoms. The first-order valence-corrected chi connectivity index (χ1v) is 9.97. The number of hydrogen-bond donors (Lipinski definition) is 2. The number of halogens is 2. The van der Waals surface area contributed by atoms with Crippen molar-refractivity contribution in [2.45, 2.75) is 11.3 Å². The first-order valence-electron chi connectivity index (χ1n) is 7.67. The average molecular weight is 431 g/mol. The number of nitrogens with one attached hydrogen (secondary N) is 1. The molecular formula is C17H16Cl2N2O5S. The van der Waals surface area contributed by atoms with Gasteiger partial charge in [0.1, 0.15) is 0 Å². The average Bonchev–Trinajstić information content (AvgIpc) is 2.58. The van der Waals surface area contributed by atoms with E-state index >= 15 is 0 Å². The van der Waals surface area contributed by atoms with E-state index in [1.807, 2.05) is 0 Å². The zero-order valence-corrected chi connectivity index (χ0v) is 16.3. The number of primary sulfonamides is 1. The minimum Gasteiger partial charge on any atom is -0.452 e. The minimum absolute atomic E-state index is 0.0170. The minimum atomic E-state index is -3.73. The maximum Gasteiger partial charge on any atom is 0.338 e. The van der Waals surface area contributed by atoms with Crippen LogP contribution in [-0.2, 0) is 26.0 Å². The Hall–Kier alpha value is -2.13. The molecule has 0 bridgehead atoms. The van der Waals surface area contributed by atoms with E-state index in [-0.39, 0.29) is 27.0 Å². The second-order valence-corrected chi connectivity index (χ2v) is 7.96. The normalized spacial score (nSPS) is 11.1. The van der Waals surface area contributed by atoms with Crippen LogP contribution in [-0.4, -0.2) is 33.4 Å². The molecule has 10 heteroatoms. The Morgan fingerprint density at radius 1 is 1.04 bits per heavy atom. The molecule has 0 aliphatic rings. The Bertz CT molecular complexity index is 926. The fourth-order valence-corrected chi connectivity index (χ4v) is 3.17. The van der Waals surface area contributed by atoms with Crippen molar-refractivity contribution in [3.05, 3.63) is 63.6 Å². The molecule has 0 saturated heterocycles. The highest BCUT2D eigenvalue weighted by atomic mass is 35.5. The van der Waals surface area contributed by atoms with Gasteiger partial charge in [-0.15, -0.1) is 0 Å². The summed E-state index contributed by atoms with van der Waals surface area (Å²) in [6.07, 6.45) is 0.467. The molecule has 0 spiro atoms. The van der Waals surface area contributed by atoms with E-state index in [0.717, 1.165) is 5.56 Å². The zero-order chi connectivity index (χ0) is 20.0. The van der Waals surface area contributed by atoms with Gasteiger partial charge in [-0.1, -0.05) is 35.3 Å². The van der Waals surface area contributed by atoms with Crippen molar-refractivity contribution in [1.82, 2.24) is 5.32 Å². The number of ether oxygens (including phenoxy) is 1. The number of nitrogens with two attached hydrogens (primary N) is 1. The van der Waals surface area contributed by atoms with Crippen LogP contribution < -0.4 is 10.5 Å². The molecule has 3 N–H and O–H groups in total. The Kier molecular flexibility index (Phi) is 7.20. The molecule has 0 aromatic heterocycles. The Morgan fingerprint density at radius 3 is 2.19 bits per heavy atom. The topological polar surface area (TPSA) is 116 Å². The molecule has 1 amide bonds. The molecular weight excluding hydrogens is 415 g/mol. The number of benzene rings is 2. The summed E-state index contributed by atoms with van der Waals surface area (Å²) < 4.78 is 27.3. The Balaban J connectivity index is 1.77. The largest absolute Gasteiger partial charge is 0.452 e. The van der Waals surface area contributed by atoms with Crippen molar-refractivity contribution in [3.8, 4) is 0 Å². The van der Waals surface area contributed by atoms with Gasteiger partial charge in [-0.2, -0.15) is 0 Å². The van der Waals surface area contributed by atoms with Gasteiger partial charge in [0.25, 0.3) is 5.91 Å². The fourth-order valence-electron chi connectivity index (χ4n) is 2.13. The highest BCUT2D eigenvalue weighted by molar-refractivity contribution is 7.89. The molecule has 0 unspecified atom stereocenters. The third kappa shape index (κ3) is 6.84. The van der Waals surface area contributed by atoms with Crippen LogP contribution in [0.25, 0.3) is 0 Å². The van der Waals surface area contributed by atoms with Crippen LogP contribution in [0.3, 0.4) is 0 Å². The van der Waals surface area contributed by atoms with Gasteiger partial charge in [0.05, 0.1) is 10.5 Å². The van der Waals surface area contributed by atoms with Crippen molar-refractivity contribution in [2.75, 3.05) is 13.2 Å². The van der Waals surface area contributed by atoms with E-state index in [1.54, 1.807) is 12.1 Å². The number of rotatable bonds is 7. The van der Waals surface area contributed by atoms with Crippen molar-refractivity contribution >= 4 is 45.1 Å². The molecule has 144 valence electrons. The fraction of sp³-hybridized carbons (Fsp3) is 0.176. The highest BCUT2D eigenvalue weighted by Crippen LogP contribution is 2.19. The lowest BCUT2D eigenvalue weighted by Crippen LogP contribution is -2.30. The number of hydrogen-bond acceptors (Lipinski definition) is 5. The van der Waals surface area contributed by atoms with Gasteiger partial charge in [-0.3, -0.25) is 4.79 Å². The van der Waals surface area contributed by atoms with Crippen LogP contribution in [0, 0.1) is 0 Å². The van der Waals surface area contributed by atoms with Crippen LogP contribution in [0.4, 0.5) is 0 Å². The molecule has 0 saturated carbocycles. The van der Waals surface area contributed by atoms with Gasteiger partial charge < -0.3 is 10.1 Å². The third-order valence-electron chi connectivity index (χ3n) is 3.42. The van der Waals surface area contributed by atoms with Crippen molar-refractivity contribution in [3.63, 3.8) is 0 Å². The molecule has 0 fully saturated rings. The number of carbonyl (C=O) groups excluding carboxylic acids is 2. The second-order valence-electron chi connectivity index (χ2n) is 5.52. The molecule has 0 aliphatic carbocycles. The van der Waals surface area contributed by atoms with E-state index < -0.39 is 28.5 Å². The van der Waals surface area contributed by atoms with E-state index in [0.29, 0.717) is 6.42 Å². The van der Waals surface area contributed by atoms with Crippen LogP contribution in [0.5, 0.6) is 0 Å². The van der Waals surface area contributed by atoms with Crippen LogP contribution >= 0.6 is 23.2 Å². The quantitative estimate of drug-likeness (QED) is 0.652. The lowest BCUT2D eigenvalue weighted by atomic mass is 10.1. The number of esters is 1. The van der Waals surface area contributed by atoms with Gasteiger partial charge in [0.2, 0.25) is 10.0 Å². The van der Waals surface area contributed by atoms with Gasteiger partial charge in [0.15, 0.2) is 6.61 Å². The highest BCUT2D eigenvalue weighted by Gasteiger charge is 2.12. The maximum absolute atomic E-state index is 11.9. The van der Waals surface area contributed by atoms with E-state index in [4.69, 9.17) is 33.1 Å². The van der Waals surface area contributed by atoms with Gasteiger partial charge in [0, 0.05) is 16.6 Å². The van der Waals surface area contributed by atoms with E-state index in [9.17, 15) is 18.0 Å². The molecule has 0 aliphatic heterocycles. The second kappa shape index (κ2) is 9.18. The number of carbonyl (C=O) groups is 2. The first-order chi connectivity index (χ1) is 12.6. The monoisotopic (exact) mass is 430 g/mol. The number of sulfonamides is 1. The standard InChI is InChI=1S/C17H16Cl2N2O5S/c18-13-7-12(8-14(19)9-13)17(23)26-10-16(22)21-6-5-11-1-3-15(4-2-11)27(20,24)25/h1-4,7-9H,5-6,10H2,(H,21,22)(H2,20,24,25). The zero-order valence-electron chi connectivity index (χ0n) is 13.9. The molecule has 0 atom stereocenters. The summed E-state index contributed by atoms with van der Waals surface area (Å²) in [5, 5.41) is 8.19. The summed E-state index contributed by atoms with van der Waals surface area (Å²) >= 11 is 11.6. The van der Waals surface area contributed by atoms with E-state index in [1.165, 1.54) is 30.3 Å². The predicted octanol–water partition coefficient (Wildman–Crippen LogP) is 2.16. The predicted molar refractivity (Wildman–Crippen MR) is 101 cm³/mol. The maximum atomic E-state index is 11.9. The van der Waals surface area contributed by atoms with Crippen molar-refractivity contribution in [1.29, 1.82) is 0 Å². The van der Waals surface area contributed by atoms with Crippen LogP contribution in [0.2, 0.25) is 10.0 Å². The van der Waals surface area contributed by atoms with Crippen molar-refractivity contribution < 1.29 is 22.7 Å². The van der Waals surface area contributed by atoms with Crippen molar-refractivity contribution in [2.24, 2.45) is 5.14 Å². The third-order valence-corrected chi connectivity index (χ3v) is 4.79. The first kappa shape index (κ1) is 21.2. The Labute approximate surface area is 166 Å². The lowest BCUT2D eigenvalue weighted by Gasteiger charge is -2.08. The molecule has 0 heterocycles.